The lowest BCUT2D eigenvalue weighted by atomic mass is 10.0. The van der Waals surface area contributed by atoms with Crippen LogP contribution in [-0.2, 0) is 0 Å². The molecule has 0 amide bonds. The van der Waals surface area contributed by atoms with Gasteiger partial charge >= 0.3 is 5.69 Å². The molecule has 6 heteroatoms. The van der Waals surface area contributed by atoms with Gasteiger partial charge in [-0.3, -0.25) is 10.1 Å². The molecule has 1 aromatic rings. The SMILES string of the molecule is CC1CCCC(Nc2nccc(C#N)c2[N+](=O)[O-])CC1. The summed E-state index contributed by atoms with van der Waals surface area (Å²) in [5.41, 5.74) is -0.165. The molecule has 1 fully saturated rings. The molecule has 1 aliphatic carbocycles. The number of nitro groups is 1. The molecule has 0 saturated heterocycles. The minimum atomic E-state index is -0.535. The molecule has 0 radical (unpaired) electrons. The normalized spacial score (nSPS) is 22.6. The van der Waals surface area contributed by atoms with Gasteiger partial charge in [-0.15, -0.1) is 0 Å². The number of nitriles is 1. The Balaban J connectivity index is 2.21. The van der Waals surface area contributed by atoms with Crippen LogP contribution in [0.5, 0.6) is 0 Å². The van der Waals surface area contributed by atoms with Gasteiger partial charge in [-0.1, -0.05) is 19.8 Å². The zero-order chi connectivity index (χ0) is 14.5. The Kier molecular flexibility index (Phi) is 4.51. The van der Waals surface area contributed by atoms with Crippen LogP contribution in [-0.4, -0.2) is 15.9 Å². The monoisotopic (exact) mass is 274 g/mol. The van der Waals surface area contributed by atoms with E-state index in [2.05, 4.69) is 17.2 Å². The summed E-state index contributed by atoms with van der Waals surface area (Å²) in [5.74, 6) is 0.920. The molecular formula is C14H18N4O2. The van der Waals surface area contributed by atoms with E-state index in [1.807, 2.05) is 6.07 Å². The maximum Gasteiger partial charge on any atom is 0.328 e. The predicted octanol–water partition coefficient (Wildman–Crippen LogP) is 3.24. The highest BCUT2D eigenvalue weighted by Gasteiger charge is 2.24. The summed E-state index contributed by atoms with van der Waals surface area (Å²) in [4.78, 5) is 14.7. The third-order valence-corrected chi connectivity index (χ3v) is 3.83. The number of aromatic nitrogens is 1. The summed E-state index contributed by atoms with van der Waals surface area (Å²) in [7, 11) is 0. The van der Waals surface area contributed by atoms with Crippen molar-refractivity contribution in [3.8, 4) is 6.07 Å². The molecule has 2 rings (SSSR count). The number of nitrogens with zero attached hydrogens (tertiary/aromatic N) is 3. The number of nitrogens with one attached hydrogen (secondary N) is 1. The van der Waals surface area contributed by atoms with Crippen molar-refractivity contribution in [3.05, 3.63) is 27.9 Å². The Morgan fingerprint density at radius 1 is 1.45 bits per heavy atom. The molecule has 0 aromatic carbocycles. The topological polar surface area (TPSA) is 91.8 Å². The lowest BCUT2D eigenvalue weighted by Gasteiger charge is -2.17. The summed E-state index contributed by atoms with van der Waals surface area (Å²) >= 11 is 0. The Labute approximate surface area is 118 Å². The molecule has 1 aromatic heterocycles. The number of anilines is 1. The maximum absolute atomic E-state index is 11.1. The van der Waals surface area contributed by atoms with Gasteiger partial charge in [-0.05, 0) is 31.2 Å². The van der Waals surface area contributed by atoms with E-state index < -0.39 is 4.92 Å². The van der Waals surface area contributed by atoms with Crippen LogP contribution in [0, 0.1) is 27.4 Å². The van der Waals surface area contributed by atoms with Crippen LogP contribution in [0.4, 0.5) is 11.5 Å². The zero-order valence-electron chi connectivity index (χ0n) is 11.5. The molecule has 0 spiro atoms. The molecule has 6 nitrogen and oxygen atoms in total. The Bertz CT molecular complexity index is 538. The van der Waals surface area contributed by atoms with Crippen molar-refractivity contribution in [1.29, 1.82) is 5.26 Å². The fourth-order valence-electron chi connectivity index (χ4n) is 2.66. The van der Waals surface area contributed by atoms with E-state index in [1.54, 1.807) is 0 Å². The first kappa shape index (κ1) is 14.3. The second-order valence-corrected chi connectivity index (χ2v) is 5.38. The van der Waals surface area contributed by atoms with E-state index in [0.717, 1.165) is 25.7 Å². The van der Waals surface area contributed by atoms with E-state index in [1.165, 1.54) is 18.7 Å². The summed E-state index contributed by atoms with van der Waals surface area (Å²) in [6.07, 6.45) is 6.84. The lowest BCUT2D eigenvalue weighted by Crippen LogP contribution is -2.20. The van der Waals surface area contributed by atoms with Gasteiger partial charge in [0, 0.05) is 12.2 Å². The van der Waals surface area contributed by atoms with Crippen molar-refractivity contribution in [2.24, 2.45) is 5.92 Å². The summed E-state index contributed by atoms with van der Waals surface area (Å²) in [5, 5.41) is 23.3. The first-order valence-corrected chi connectivity index (χ1v) is 6.92. The highest BCUT2D eigenvalue weighted by atomic mass is 16.6. The maximum atomic E-state index is 11.1. The standard InChI is InChI=1S/C14H18N4O2/c1-10-3-2-4-12(6-5-10)17-14-13(18(19)20)11(9-15)7-8-16-14/h7-8,10,12H,2-6H2,1H3,(H,16,17). The van der Waals surface area contributed by atoms with E-state index >= 15 is 0 Å². The molecule has 2 atom stereocenters. The molecule has 20 heavy (non-hydrogen) atoms. The predicted molar refractivity (Wildman–Crippen MR) is 75.3 cm³/mol. The summed E-state index contributed by atoms with van der Waals surface area (Å²) in [6.45, 7) is 2.24. The van der Waals surface area contributed by atoms with Crippen molar-refractivity contribution in [2.75, 3.05) is 5.32 Å². The van der Waals surface area contributed by atoms with Gasteiger partial charge in [-0.2, -0.15) is 5.26 Å². The number of hydrogen-bond donors (Lipinski definition) is 1. The second kappa shape index (κ2) is 6.33. The van der Waals surface area contributed by atoms with Crippen molar-refractivity contribution in [1.82, 2.24) is 4.98 Å². The molecule has 106 valence electrons. The number of rotatable bonds is 3. The van der Waals surface area contributed by atoms with Gasteiger partial charge in [-0.25, -0.2) is 4.98 Å². The Morgan fingerprint density at radius 2 is 2.25 bits per heavy atom. The fraction of sp³-hybridized carbons (Fsp3) is 0.571. The van der Waals surface area contributed by atoms with Gasteiger partial charge < -0.3 is 5.32 Å². The molecular weight excluding hydrogens is 256 g/mol. The van der Waals surface area contributed by atoms with Crippen molar-refractivity contribution < 1.29 is 4.92 Å². The van der Waals surface area contributed by atoms with E-state index in [-0.39, 0.29) is 23.1 Å². The van der Waals surface area contributed by atoms with Crippen LogP contribution in [0.15, 0.2) is 12.3 Å². The van der Waals surface area contributed by atoms with Gasteiger partial charge in [0.15, 0.2) is 0 Å². The summed E-state index contributed by atoms with van der Waals surface area (Å²) < 4.78 is 0. The first-order chi connectivity index (χ1) is 9.61. The number of pyridine rings is 1. The highest BCUT2D eigenvalue weighted by Crippen LogP contribution is 2.29. The van der Waals surface area contributed by atoms with Crippen molar-refractivity contribution in [2.45, 2.75) is 45.1 Å². The quantitative estimate of drug-likeness (QED) is 0.519. The van der Waals surface area contributed by atoms with Crippen LogP contribution in [0.2, 0.25) is 0 Å². The molecule has 0 bridgehead atoms. The van der Waals surface area contributed by atoms with Gasteiger partial charge in [0.05, 0.1) is 4.92 Å². The Hall–Kier alpha value is -2.16. The Morgan fingerprint density at radius 3 is 2.95 bits per heavy atom. The minimum Gasteiger partial charge on any atom is -0.362 e. The third-order valence-electron chi connectivity index (χ3n) is 3.83. The lowest BCUT2D eigenvalue weighted by molar-refractivity contribution is -0.384. The van der Waals surface area contributed by atoms with E-state index in [4.69, 9.17) is 5.26 Å². The highest BCUT2D eigenvalue weighted by molar-refractivity contribution is 5.64. The molecule has 1 heterocycles. The zero-order valence-corrected chi connectivity index (χ0v) is 11.5. The van der Waals surface area contributed by atoms with E-state index in [9.17, 15) is 10.1 Å². The smallest absolute Gasteiger partial charge is 0.328 e. The van der Waals surface area contributed by atoms with Crippen molar-refractivity contribution >= 4 is 11.5 Å². The minimum absolute atomic E-state index is 0.0505. The van der Waals surface area contributed by atoms with Crippen LogP contribution in [0.1, 0.15) is 44.6 Å². The average molecular weight is 274 g/mol. The molecule has 1 aliphatic rings. The molecule has 0 aliphatic heterocycles. The molecule has 1 saturated carbocycles. The van der Waals surface area contributed by atoms with Gasteiger partial charge in [0.2, 0.25) is 5.82 Å². The molecule has 1 N–H and O–H groups in total. The van der Waals surface area contributed by atoms with Crippen LogP contribution in [0.3, 0.4) is 0 Å². The van der Waals surface area contributed by atoms with Crippen molar-refractivity contribution in [3.63, 3.8) is 0 Å². The van der Waals surface area contributed by atoms with Crippen LogP contribution in [0.25, 0.3) is 0 Å². The largest absolute Gasteiger partial charge is 0.362 e. The third kappa shape index (κ3) is 3.23. The fourth-order valence-corrected chi connectivity index (χ4v) is 2.66. The molecule has 2 unspecified atom stereocenters. The van der Waals surface area contributed by atoms with Gasteiger partial charge in [0.1, 0.15) is 11.6 Å². The van der Waals surface area contributed by atoms with Gasteiger partial charge in [0.25, 0.3) is 0 Å². The second-order valence-electron chi connectivity index (χ2n) is 5.38. The van der Waals surface area contributed by atoms with Crippen LogP contribution < -0.4 is 5.32 Å². The number of hydrogen-bond acceptors (Lipinski definition) is 5. The summed E-state index contributed by atoms with van der Waals surface area (Å²) in [6, 6.07) is 3.42. The average Bonchev–Trinajstić information content (AvgIpc) is 2.63. The van der Waals surface area contributed by atoms with Crippen LogP contribution >= 0.6 is 0 Å². The van der Waals surface area contributed by atoms with E-state index in [0.29, 0.717) is 5.92 Å². The first-order valence-electron chi connectivity index (χ1n) is 6.92.